The third kappa shape index (κ3) is 3.32. The molecule has 0 unspecified atom stereocenters. The van der Waals surface area contributed by atoms with E-state index in [1.165, 1.54) is 0 Å². The quantitative estimate of drug-likeness (QED) is 0.869. The number of methoxy groups -OCH3 is 1. The van der Waals surface area contributed by atoms with Crippen molar-refractivity contribution in [1.82, 2.24) is 0 Å². The average molecular weight is 355 g/mol. The molecule has 0 heterocycles. The lowest BCUT2D eigenvalue weighted by molar-refractivity contribution is 0.102. The largest absolute Gasteiger partial charge is 0.496 e. The first-order valence-electron chi connectivity index (χ1n) is 5.92. The van der Waals surface area contributed by atoms with Crippen LogP contribution in [0, 0.1) is 6.92 Å². The van der Waals surface area contributed by atoms with Crippen LogP contribution in [-0.2, 0) is 0 Å². The number of carbonyl (C=O) groups excluding carboxylic acids is 1. The molecule has 0 bridgehead atoms. The second-order valence-electron chi connectivity index (χ2n) is 4.26. The van der Waals surface area contributed by atoms with Gasteiger partial charge in [0.2, 0.25) is 0 Å². The van der Waals surface area contributed by atoms with Crippen molar-refractivity contribution in [3.63, 3.8) is 0 Å². The summed E-state index contributed by atoms with van der Waals surface area (Å²) in [6.45, 7) is 1.93. The van der Waals surface area contributed by atoms with Crippen LogP contribution in [-0.4, -0.2) is 13.0 Å². The van der Waals surface area contributed by atoms with Crippen LogP contribution in [0.5, 0.6) is 5.75 Å². The molecule has 0 saturated heterocycles. The molecular formula is C15H13BrClNO2. The molecule has 0 aliphatic carbocycles. The Morgan fingerprint density at radius 1 is 1.25 bits per heavy atom. The van der Waals surface area contributed by atoms with Crippen molar-refractivity contribution in [1.29, 1.82) is 0 Å². The van der Waals surface area contributed by atoms with Crippen molar-refractivity contribution in [3.05, 3.63) is 57.0 Å². The second-order valence-corrected chi connectivity index (χ2v) is 5.55. The maximum atomic E-state index is 12.2. The van der Waals surface area contributed by atoms with E-state index in [2.05, 4.69) is 21.2 Å². The maximum Gasteiger partial charge on any atom is 0.255 e. The van der Waals surface area contributed by atoms with Crippen molar-refractivity contribution in [3.8, 4) is 5.75 Å². The Hall–Kier alpha value is -1.52. The fourth-order valence-corrected chi connectivity index (χ4v) is 2.53. The minimum absolute atomic E-state index is 0.202. The number of hydrogen-bond acceptors (Lipinski definition) is 2. The molecule has 2 aromatic carbocycles. The highest BCUT2D eigenvalue weighted by atomic mass is 79.9. The van der Waals surface area contributed by atoms with E-state index in [0.29, 0.717) is 22.0 Å². The van der Waals surface area contributed by atoms with Gasteiger partial charge >= 0.3 is 0 Å². The van der Waals surface area contributed by atoms with Crippen LogP contribution in [0.2, 0.25) is 5.02 Å². The van der Waals surface area contributed by atoms with Gasteiger partial charge in [-0.3, -0.25) is 4.79 Å². The zero-order chi connectivity index (χ0) is 14.7. The third-order valence-electron chi connectivity index (χ3n) is 2.85. The number of rotatable bonds is 3. The van der Waals surface area contributed by atoms with E-state index >= 15 is 0 Å². The molecular weight excluding hydrogens is 342 g/mol. The van der Waals surface area contributed by atoms with Crippen molar-refractivity contribution >= 4 is 39.1 Å². The summed E-state index contributed by atoms with van der Waals surface area (Å²) in [5.74, 6) is 0.485. The summed E-state index contributed by atoms with van der Waals surface area (Å²) in [5, 5.41) is 3.43. The number of ether oxygens (including phenoxy) is 1. The number of hydrogen-bond donors (Lipinski definition) is 1. The molecule has 1 amide bonds. The van der Waals surface area contributed by atoms with Crippen molar-refractivity contribution in [2.75, 3.05) is 12.4 Å². The van der Waals surface area contributed by atoms with Gasteiger partial charge in [-0.05, 0) is 58.7 Å². The first-order chi connectivity index (χ1) is 9.51. The van der Waals surface area contributed by atoms with Crippen molar-refractivity contribution in [2.24, 2.45) is 0 Å². The first kappa shape index (κ1) is 14.9. The van der Waals surface area contributed by atoms with E-state index in [9.17, 15) is 4.79 Å². The standard InChI is InChI=1S/C15H13BrClNO2/c1-9-3-4-10(7-14(9)20-2)15(19)18-13-6-5-11(17)8-12(13)16/h3-8H,1-2H3,(H,18,19). The van der Waals surface area contributed by atoms with E-state index < -0.39 is 0 Å². The van der Waals surface area contributed by atoms with Crippen molar-refractivity contribution < 1.29 is 9.53 Å². The molecule has 0 aromatic heterocycles. The molecule has 0 aliphatic rings. The molecule has 0 spiro atoms. The molecule has 2 aromatic rings. The molecule has 5 heteroatoms. The Labute approximate surface area is 131 Å². The average Bonchev–Trinajstić information content (AvgIpc) is 2.42. The minimum atomic E-state index is -0.202. The van der Waals surface area contributed by atoms with E-state index in [-0.39, 0.29) is 5.91 Å². The molecule has 0 saturated carbocycles. The highest BCUT2D eigenvalue weighted by molar-refractivity contribution is 9.10. The summed E-state index contributed by atoms with van der Waals surface area (Å²) in [6.07, 6.45) is 0. The number of carbonyl (C=O) groups is 1. The predicted octanol–water partition coefficient (Wildman–Crippen LogP) is 4.67. The zero-order valence-corrected chi connectivity index (χ0v) is 13.4. The fraction of sp³-hybridized carbons (Fsp3) is 0.133. The molecule has 0 fully saturated rings. The van der Waals surface area contributed by atoms with Crippen LogP contribution >= 0.6 is 27.5 Å². The summed E-state index contributed by atoms with van der Waals surface area (Å²) in [4.78, 5) is 12.2. The summed E-state index contributed by atoms with van der Waals surface area (Å²) in [7, 11) is 1.58. The predicted molar refractivity (Wildman–Crippen MR) is 84.8 cm³/mol. The SMILES string of the molecule is COc1cc(C(=O)Nc2ccc(Cl)cc2Br)ccc1C. The molecule has 0 radical (unpaired) electrons. The van der Waals surface area contributed by atoms with Crippen LogP contribution in [0.4, 0.5) is 5.69 Å². The number of amides is 1. The van der Waals surface area contributed by atoms with Crippen LogP contribution < -0.4 is 10.1 Å². The van der Waals surface area contributed by atoms with Gasteiger partial charge in [-0.15, -0.1) is 0 Å². The van der Waals surface area contributed by atoms with Gasteiger partial charge in [-0.2, -0.15) is 0 Å². The molecule has 0 aliphatic heterocycles. The van der Waals surface area contributed by atoms with Gasteiger partial charge in [0.15, 0.2) is 0 Å². The van der Waals surface area contributed by atoms with Gasteiger partial charge < -0.3 is 10.1 Å². The molecule has 104 valence electrons. The van der Waals surface area contributed by atoms with Crippen LogP contribution in [0.25, 0.3) is 0 Å². The minimum Gasteiger partial charge on any atom is -0.496 e. The van der Waals surface area contributed by atoms with Crippen LogP contribution in [0.3, 0.4) is 0 Å². The first-order valence-corrected chi connectivity index (χ1v) is 7.09. The molecule has 20 heavy (non-hydrogen) atoms. The van der Waals surface area contributed by atoms with Gasteiger partial charge in [0.1, 0.15) is 5.75 Å². The summed E-state index contributed by atoms with van der Waals surface area (Å²) < 4.78 is 5.95. The van der Waals surface area contributed by atoms with Gasteiger partial charge in [-0.1, -0.05) is 17.7 Å². The lowest BCUT2D eigenvalue weighted by atomic mass is 10.1. The number of halogens is 2. The summed E-state index contributed by atoms with van der Waals surface area (Å²) in [5.41, 5.74) is 2.19. The Morgan fingerprint density at radius 3 is 2.65 bits per heavy atom. The van der Waals surface area contributed by atoms with Gasteiger partial charge in [-0.25, -0.2) is 0 Å². The molecule has 2 rings (SSSR count). The van der Waals surface area contributed by atoms with Crippen LogP contribution in [0.15, 0.2) is 40.9 Å². The topological polar surface area (TPSA) is 38.3 Å². The van der Waals surface area contributed by atoms with Gasteiger partial charge in [0.05, 0.1) is 12.8 Å². The number of aryl methyl sites for hydroxylation is 1. The molecule has 0 atom stereocenters. The highest BCUT2D eigenvalue weighted by Crippen LogP contribution is 2.27. The molecule has 1 N–H and O–H groups in total. The van der Waals surface area contributed by atoms with Crippen molar-refractivity contribution in [2.45, 2.75) is 6.92 Å². The third-order valence-corrected chi connectivity index (χ3v) is 3.74. The maximum absolute atomic E-state index is 12.2. The Kier molecular flexibility index (Phi) is 4.68. The van der Waals surface area contributed by atoms with E-state index in [1.54, 1.807) is 37.4 Å². The van der Waals surface area contributed by atoms with E-state index in [0.717, 1.165) is 10.0 Å². The van der Waals surface area contributed by atoms with E-state index in [4.69, 9.17) is 16.3 Å². The number of benzene rings is 2. The summed E-state index contributed by atoms with van der Waals surface area (Å²) >= 11 is 9.23. The van der Waals surface area contributed by atoms with Gasteiger partial charge in [0.25, 0.3) is 5.91 Å². The highest BCUT2D eigenvalue weighted by Gasteiger charge is 2.10. The smallest absolute Gasteiger partial charge is 0.255 e. The zero-order valence-electron chi connectivity index (χ0n) is 11.0. The monoisotopic (exact) mass is 353 g/mol. The molecule has 3 nitrogen and oxygen atoms in total. The van der Waals surface area contributed by atoms with Crippen LogP contribution in [0.1, 0.15) is 15.9 Å². The Balaban J connectivity index is 2.24. The Bertz CT molecular complexity index is 658. The lowest BCUT2D eigenvalue weighted by Gasteiger charge is -2.10. The summed E-state index contributed by atoms with van der Waals surface area (Å²) in [6, 6.07) is 10.5. The second kappa shape index (κ2) is 6.29. The Morgan fingerprint density at radius 2 is 2.00 bits per heavy atom. The number of anilines is 1. The van der Waals surface area contributed by atoms with E-state index in [1.807, 2.05) is 13.0 Å². The normalized spacial score (nSPS) is 10.2. The van der Waals surface area contributed by atoms with Gasteiger partial charge in [0, 0.05) is 15.1 Å². The lowest BCUT2D eigenvalue weighted by Crippen LogP contribution is -2.12. The number of nitrogens with one attached hydrogen (secondary N) is 1. The fourth-order valence-electron chi connectivity index (χ4n) is 1.75.